The van der Waals surface area contributed by atoms with Crippen molar-refractivity contribution in [1.29, 1.82) is 0 Å². The Labute approximate surface area is 457 Å². The van der Waals surface area contributed by atoms with Gasteiger partial charge in [-0.25, -0.2) is 0 Å². The van der Waals surface area contributed by atoms with E-state index in [0.717, 1.165) is 116 Å². The minimum absolute atomic E-state index is 0.0877. The minimum atomic E-state index is -0.791. The first-order chi connectivity index (χ1) is 36.5. The normalized spacial score (nSPS) is 12.7. The fraction of sp³-hybridized carbons (Fsp3) is 0.721. The second-order valence-corrected chi connectivity index (χ2v) is 20.6. The summed E-state index contributed by atoms with van der Waals surface area (Å²) >= 11 is 0. The number of ether oxygens (including phenoxy) is 3. The maximum Gasteiger partial charge on any atom is 0.306 e. The van der Waals surface area contributed by atoms with Crippen LogP contribution in [0.4, 0.5) is 0 Å². The molecule has 0 spiro atoms. The number of allylic oxidation sites excluding steroid dienone is 16. The third kappa shape index (κ3) is 59.2. The molecule has 1 unspecified atom stereocenters. The Morgan fingerprint density at radius 2 is 0.527 bits per heavy atom. The van der Waals surface area contributed by atoms with Gasteiger partial charge in [0.05, 0.1) is 0 Å². The molecule has 0 aromatic heterocycles. The van der Waals surface area contributed by atoms with Crippen molar-refractivity contribution < 1.29 is 28.6 Å². The Bertz CT molecular complexity index is 1460. The van der Waals surface area contributed by atoms with Gasteiger partial charge < -0.3 is 14.2 Å². The summed E-state index contributed by atoms with van der Waals surface area (Å²) in [6.07, 6.45) is 82.6. The molecule has 0 aliphatic carbocycles. The zero-order valence-corrected chi connectivity index (χ0v) is 48.6. The summed E-state index contributed by atoms with van der Waals surface area (Å²) in [7, 11) is 0. The van der Waals surface area contributed by atoms with Crippen LogP contribution in [-0.2, 0) is 28.6 Å². The van der Waals surface area contributed by atoms with Gasteiger partial charge in [0.1, 0.15) is 13.2 Å². The van der Waals surface area contributed by atoms with Crippen molar-refractivity contribution in [2.45, 2.75) is 303 Å². The number of hydrogen-bond acceptors (Lipinski definition) is 6. The molecule has 0 aliphatic rings. The molecule has 424 valence electrons. The minimum Gasteiger partial charge on any atom is -0.462 e. The molecule has 0 aromatic rings. The van der Waals surface area contributed by atoms with Gasteiger partial charge in [-0.2, -0.15) is 0 Å². The van der Waals surface area contributed by atoms with E-state index < -0.39 is 6.10 Å². The van der Waals surface area contributed by atoms with Gasteiger partial charge in [0.15, 0.2) is 6.10 Å². The van der Waals surface area contributed by atoms with Crippen LogP contribution in [0.5, 0.6) is 0 Å². The van der Waals surface area contributed by atoms with Crippen LogP contribution < -0.4 is 0 Å². The highest BCUT2D eigenvalue weighted by molar-refractivity contribution is 5.71. The molecule has 0 aromatic carbocycles. The van der Waals surface area contributed by atoms with Crippen LogP contribution in [0.3, 0.4) is 0 Å². The van der Waals surface area contributed by atoms with Gasteiger partial charge in [0.25, 0.3) is 0 Å². The van der Waals surface area contributed by atoms with Crippen molar-refractivity contribution in [1.82, 2.24) is 0 Å². The number of hydrogen-bond donors (Lipinski definition) is 0. The van der Waals surface area contributed by atoms with E-state index in [4.69, 9.17) is 14.2 Å². The van der Waals surface area contributed by atoms with Crippen LogP contribution in [-0.4, -0.2) is 37.2 Å². The highest BCUT2D eigenvalue weighted by atomic mass is 16.6. The molecule has 6 nitrogen and oxygen atoms in total. The Hall–Kier alpha value is -3.67. The largest absolute Gasteiger partial charge is 0.462 e. The molecule has 74 heavy (non-hydrogen) atoms. The topological polar surface area (TPSA) is 78.9 Å². The van der Waals surface area contributed by atoms with Gasteiger partial charge in [0, 0.05) is 19.3 Å². The van der Waals surface area contributed by atoms with E-state index in [-0.39, 0.29) is 31.1 Å². The molecule has 1 atom stereocenters. The van der Waals surface area contributed by atoms with Crippen molar-refractivity contribution in [2.75, 3.05) is 13.2 Å². The highest BCUT2D eigenvalue weighted by Gasteiger charge is 2.19. The van der Waals surface area contributed by atoms with Crippen molar-refractivity contribution in [3.63, 3.8) is 0 Å². The van der Waals surface area contributed by atoms with Gasteiger partial charge in [-0.05, 0) is 122 Å². The lowest BCUT2D eigenvalue weighted by molar-refractivity contribution is -0.167. The number of unbranched alkanes of at least 4 members (excludes halogenated alkanes) is 29. The molecule has 0 heterocycles. The number of rotatable bonds is 56. The standard InChI is InChI=1S/C68H116O6/c1-4-7-10-13-16-19-22-25-28-30-31-32-33-34-35-36-37-39-40-43-46-49-52-55-58-61-67(70)73-64-65(63-72-66(69)60-57-54-51-48-45-42-27-24-21-18-15-12-9-6-3)74-68(71)62-59-56-53-50-47-44-41-38-29-26-23-20-17-14-11-8-5-2/h7,10,16,19,24-29,31-32,34-35,37,39,65H,4-6,8-9,11-15,17-18,20-23,30,33,36,38,40-64H2,1-3H3/b10-7-,19-16-,27-24-,28-25-,29-26-,32-31-,35-34-,39-37-. The van der Waals surface area contributed by atoms with Crippen LogP contribution >= 0.6 is 0 Å². The van der Waals surface area contributed by atoms with Gasteiger partial charge >= 0.3 is 17.9 Å². The van der Waals surface area contributed by atoms with E-state index in [1.807, 2.05) is 0 Å². The molecule has 0 rings (SSSR count). The van der Waals surface area contributed by atoms with Gasteiger partial charge in [-0.3, -0.25) is 14.4 Å². The van der Waals surface area contributed by atoms with E-state index in [0.29, 0.717) is 19.3 Å². The van der Waals surface area contributed by atoms with Crippen LogP contribution in [0.2, 0.25) is 0 Å². The first-order valence-electron chi connectivity index (χ1n) is 31.2. The SMILES string of the molecule is CC/C=C\C/C=C\C/C=C\C/C=C\C/C=C\C/C=C\CCCCCCCCC(=O)OCC(COC(=O)CCCCCCC/C=C\CCCCCCC)OC(=O)CCCCCCCCC/C=C\CCCCCCCC. The lowest BCUT2D eigenvalue weighted by atomic mass is 10.1. The Morgan fingerprint density at radius 1 is 0.284 bits per heavy atom. The Kier molecular flexibility index (Phi) is 58.8. The monoisotopic (exact) mass is 1030 g/mol. The molecule has 0 aliphatic heterocycles. The summed E-state index contributed by atoms with van der Waals surface area (Å²) in [5, 5.41) is 0. The molecule has 6 heteroatoms. The fourth-order valence-electron chi connectivity index (χ4n) is 8.61. The first-order valence-corrected chi connectivity index (χ1v) is 31.2. The van der Waals surface area contributed by atoms with E-state index in [2.05, 4.69) is 118 Å². The number of esters is 3. The quantitative estimate of drug-likeness (QED) is 0.0261. The zero-order chi connectivity index (χ0) is 53.6. The van der Waals surface area contributed by atoms with Gasteiger partial charge in [-0.15, -0.1) is 0 Å². The van der Waals surface area contributed by atoms with Crippen molar-refractivity contribution in [2.24, 2.45) is 0 Å². The molecule has 0 bridgehead atoms. The van der Waals surface area contributed by atoms with E-state index >= 15 is 0 Å². The summed E-state index contributed by atoms with van der Waals surface area (Å²) in [6, 6.07) is 0. The molecule has 0 N–H and O–H groups in total. The summed E-state index contributed by atoms with van der Waals surface area (Å²) in [5.41, 5.74) is 0. The summed E-state index contributed by atoms with van der Waals surface area (Å²) in [4.78, 5) is 38.3. The average Bonchev–Trinajstić information content (AvgIpc) is 3.40. The molecule has 0 saturated carbocycles. The number of carbonyl (C=O) groups is 3. The van der Waals surface area contributed by atoms with Crippen molar-refractivity contribution >= 4 is 17.9 Å². The Balaban J connectivity index is 4.39. The Morgan fingerprint density at radius 3 is 0.838 bits per heavy atom. The molecular weight excluding hydrogens is 913 g/mol. The van der Waals surface area contributed by atoms with Crippen LogP contribution in [0.1, 0.15) is 297 Å². The maximum atomic E-state index is 12.9. The van der Waals surface area contributed by atoms with E-state index in [1.54, 1.807) is 0 Å². The first kappa shape index (κ1) is 70.3. The van der Waals surface area contributed by atoms with Crippen molar-refractivity contribution in [3.05, 3.63) is 97.2 Å². The molecule has 0 radical (unpaired) electrons. The smallest absolute Gasteiger partial charge is 0.306 e. The third-order valence-corrected chi connectivity index (χ3v) is 13.3. The highest BCUT2D eigenvalue weighted by Crippen LogP contribution is 2.15. The maximum absolute atomic E-state index is 12.9. The average molecular weight is 1030 g/mol. The van der Waals surface area contributed by atoms with Crippen molar-refractivity contribution in [3.8, 4) is 0 Å². The van der Waals surface area contributed by atoms with E-state index in [9.17, 15) is 14.4 Å². The van der Waals surface area contributed by atoms with Gasteiger partial charge in [0.2, 0.25) is 0 Å². The molecular formula is C68H116O6. The molecule has 0 fully saturated rings. The third-order valence-electron chi connectivity index (χ3n) is 13.3. The fourth-order valence-corrected chi connectivity index (χ4v) is 8.61. The van der Waals surface area contributed by atoms with Crippen LogP contribution in [0, 0.1) is 0 Å². The lowest BCUT2D eigenvalue weighted by Gasteiger charge is -2.18. The predicted molar refractivity (Wildman–Crippen MR) is 320 cm³/mol. The summed E-state index contributed by atoms with van der Waals surface area (Å²) in [5.74, 6) is -0.907. The summed E-state index contributed by atoms with van der Waals surface area (Å²) in [6.45, 7) is 6.51. The van der Waals surface area contributed by atoms with Crippen LogP contribution in [0.25, 0.3) is 0 Å². The predicted octanol–water partition coefficient (Wildman–Crippen LogP) is 21.3. The van der Waals surface area contributed by atoms with Gasteiger partial charge in [-0.1, -0.05) is 253 Å². The second-order valence-electron chi connectivity index (χ2n) is 20.6. The van der Waals surface area contributed by atoms with Crippen LogP contribution in [0.15, 0.2) is 97.2 Å². The number of carbonyl (C=O) groups excluding carboxylic acids is 3. The lowest BCUT2D eigenvalue weighted by Crippen LogP contribution is -2.30. The molecule has 0 amide bonds. The second kappa shape index (κ2) is 61.9. The zero-order valence-electron chi connectivity index (χ0n) is 48.6. The van der Waals surface area contributed by atoms with E-state index in [1.165, 1.54) is 141 Å². The summed E-state index contributed by atoms with van der Waals surface area (Å²) < 4.78 is 16.9. The molecule has 0 saturated heterocycles.